The molecule has 1 aromatic heterocycles. The quantitative estimate of drug-likeness (QED) is 0.427. The lowest BCUT2D eigenvalue weighted by Gasteiger charge is -2.36. The molecule has 3 amide bonds. The first-order valence-electron chi connectivity index (χ1n) is 12.7. The van der Waals surface area contributed by atoms with Gasteiger partial charge in [0.05, 0.1) is 24.9 Å². The van der Waals surface area contributed by atoms with E-state index in [1.807, 2.05) is 42.2 Å². The van der Waals surface area contributed by atoms with Gasteiger partial charge in [-0.25, -0.2) is 4.98 Å². The lowest BCUT2D eigenvalue weighted by molar-refractivity contribution is -0.130. The minimum absolute atomic E-state index is 0.00966. The zero-order valence-electron chi connectivity index (χ0n) is 21.8. The Labute approximate surface area is 227 Å². The van der Waals surface area contributed by atoms with Gasteiger partial charge < -0.3 is 24.8 Å². The molecule has 0 atom stereocenters. The first-order valence-corrected chi connectivity index (χ1v) is 13.6. The van der Waals surface area contributed by atoms with Gasteiger partial charge in [-0.2, -0.15) is 0 Å². The molecule has 0 radical (unpaired) electrons. The number of hydrogen-bond donors (Lipinski definition) is 1. The second kappa shape index (κ2) is 13.0. The molecule has 2 heterocycles. The normalized spacial score (nSPS) is 13.2. The van der Waals surface area contributed by atoms with Gasteiger partial charge in [-0.05, 0) is 30.7 Å². The summed E-state index contributed by atoms with van der Waals surface area (Å²) >= 11 is 1.27. The van der Waals surface area contributed by atoms with Crippen molar-refractivity contribution in [2.24, 2.45) is 0 Å². The number of rotatable bonds is 10. The van der Waals surface area contributed by atoms with Crippen molar-refractivity contribution in [1.29, 1.82) is 0 Å². The SMILES string of the molecule is CCCN(CC(=O)Nc1nc(CC(=O)N2CCN(c3ccccc3OC)CC2)cs1)C(=O)c1ccccc1. The number of para-hydroxylation sites is 2. The Bertz CT molecular complexity index is 1240. The van der Waals surface area contributed by atoms with Crippen LogP contribution in [0.5, 0.6) is 5.75 Å². The molecular weight excluding hydrogens is 502 g/mol. The minimum Gasteiger partial charge on any atom is -0.495 e. The van der Waals surface area contributed by atoms with Crippen LogP contribution in [0.4, 0.5) is 10.8 Å². The number of benzene rings is 2. The Morgan fingerprint density at radius 3 is 2.45 bits per heavy atom. The predicted molar refractivity (Wildman–Crippen MR) is 149 cm³/mol. The van der Waals surface area contributed by atoms with E-state index in [0.717, 1.165) is 30.9 Å². The number of aromatic nitrogens is 1. The van der Waals surface area contributed by atoms with Crippen molar-refractivity contribution < 1.29 is 19.1 Å². The molecule has 38 heavy (non-hydrogen) atoms. The summed E-state index contributed by atoms with van der Waals surface area (Å²) in [4.78, 5) is 48.4. The van der Waals surface area contributed by atoms with Gasteiger partial charge in [0.25, 0.3) is 5.91 Å². The van der Waals surface area contributed by atoms with Crippen LogP contribution in [0.3, 0.4) is 0 Å². The molecule has 10 heteroatoms. The van der Waals surface area contributed by atoms with E-state index in [4.69, 9.17) is 4.74 Å². The van der Waals surface area contributed by atoms with Crippen LogP contribution in [0.15, 0.2) is 60.0 Å². The summed E-state index contributed by atoms with van der Waals surface area (Å²) in [6, 6.07) is 16.8. The highest BCUT2D eigenvalue weighted by Gasteiger charge is 2.24. The average Bonchev–Trinajstić information content (AvgIpc) is 3.39. The number of ether oxygens (including phenoxy) is 1. The topological polar surface area (TPSA) is 95.1 Å². The van der Waals surface area contributed by atoms with Crippen LogP contribution in [-0.2, 0) is 16.0 Å². The number of amides is 3. The fourth-order valence-electron chi connectivity index (χ4n) is 4.42. The molecular formula is C28H33N5O4S. The first kappa shape index (κ1) is 27.1. The fraction of sp³-hybridized carbons (Fsp3) is 0.357. The summed E-state index contributed by atoms with van der Waals surface area (Å²) in [5, 5.41) is 4.98. The van der Waals surface area contributed by atoms with E-state index in [1.165, 1.54) is 16.2 Å². The van der Waals surface area contributed by atoms with Crippen molar-refractivity contribution in [3.8, 4) is 5.75 Å². The van der Waals surface area contributed by atoms with Gasteiger partial charge in [-0.3, -0.25) is 14.4 Å². The van der Waals surface area contributed by atoms with Gasteiger partial charge >= 0.3 is 0 Å². The molecule has 9 nitrogen and oxygen atoms in total. The molecule has 4 rings (SSSR count). The number of nitrogens with one attached hydrogen (secondary N) is 1. The maximum absolute atomic E-state index is 12.9. The van der Waals surface area contributed by atoms with Gasteiger partial charge in [0.15, 0.2) is 5.13 Å². The number of anilines is 2. The largest absolute Gasteiger partial charge is 0.495 e. The smallest absolute Gasteiger partial charge is 0.254 e. The van der Waals surface area contributed by atoms with Gasteiger partial charge in [-0.1, -0.05) is 37.3 Å². The Hall–Kier alpha value is -3.92. The van der Waals surface area contributed by atoms with E-state index in [-0.39, 0.29) is 30.7 Å². The summed E-state index contributed by atoms with van der Waals surface area (Å²) in [6.45, 7) is 5.06. The minimum atomic E-state index is -0.317. The van der Waals surface area contributed by atoms with E-state index in [9.17, 15) is 14.4 Å². The third-order valence-electron chi connectivity index (χ3n) is 6.32. The predicted octanol–water partition coefficient (Wildman–Crippen LogP) is 3.53. The lowest BCUT2D eigenvalue weighted by Crippen LogP contribution is -2.49. The van der Waals surface area contributed by atoms with Crippen molar-refractivity contribution in [2.75, 3.05) is 56.6 Å². The van der Waals surface area contributed by atoms with E-state index in [0.29, 0.717) is 36.0 Å². The number of methoxy groups -OCH3 is 1. The van der Waals surface area contributed by atoms with E-state index in [1.54, 1.807) is 36.8 Å². The van der Waals surface area contributed by atoms with Crippen molar-refractivity contribution in [2.45, 2.75) is 19.8 Å². The Balaban J connectivity index is 1.27. The van der Waals surface area contributed by atoms with Gasteiger partial charge in [-0.15, -0.1) is 11.3 Å². The number of carbonyl (C=O) groups is 3. The second-order valence-corrected chi connectivity index (χ2v) is 9.86. The van der Waals surface area contributed by atoms with Gasteiger partial charge in [0.2, 0.25) is 11.8 Å². The van der Waals surface area contributed by atoms with Crippen molar-refractivity contribution in [3.63, 3.8) is 0 Å². The molecule has 0 spiro atoms. The summed E-state index contributed by atoms with van der Waals surface area (Å²) < 4.78 is 5.47. The van der Waals surface area contributed by atoms with Gasteiger partial charge in [0.1, 0.15) is 12.3 Å². The average molecular weight is 536 g/mol. The lowest BCUT2D eigenvalue weighted by atomic mass is 10.2. The molecule has 1 fully saturated rings. The Kier molecular flexibility index (Phi) is 9.31. The highest BCUT2D eigenvalue weighted by atomic mass is 32.1. The number of thiazole rings is 1. The number of carbonyl (C=O) groups excluding carboxylic acids is 3. The van der Waals surface area contributed by atoms with Gasteiger partial charge in [0, 0.05) is 43.7 Å². The van der Waals surface area contributed by atoms with Crippen molar-refractivity contribution in [3.05, 3.63) is 71.2 Å². The van der Waals surface area contributed by atoms with Crippen LogP contribution in [-0.4, -0.2) is 78.9 Å². The zero-order valence-corrected chi connectivity index (χ0v) is 22.6. The molecule has 2 aromatic carbocycles. The highest BCUT2D eigenvalue weighted by Crippen LogP contribution is 2.28. The third kappa shape index (κ3) is 6.89. The van der Waals surface area contributed by atoms with Crippen LogP contribution >= 0.6 is 11.3 Å². The second-order valence-electron chi connectivity index (χ2n) is 9.00. The summed E-state index contributed by atoms with van der Waals surface area (Å²) in [6.07, 6.45) is 0.915. The third-order valence-corrected chi connectivity index (χ3v) is 7.13. The zero-order chi connectivity index (χ0) is 26.9. The Morgan fingerprint density at radius 2 is 1.74 bits per heavy atom. The number of nitrogens with zero attached hydrogens (tertiary/aromatic N) is 4. The van der Waals surface area contributed by atoms with Crippen LogP contribution in [0.25, 0.3) is 0 Å². The van der Waals surface area contributed by atoms with E-state index >= 15 is 0 Å². The molecule has 1 saturated heterocycles. The molecule has 0 unspecified atom stereocenters. The molecule has 0 saturated carbocycles. The fourth-order valence-corrected chi connectivity index (χ4v) is 5.14. The van der Waals surface area contributed by atoms with Crippen LogP contribution in [0, 0.1) is 0 Å². The molecule has 1 N–H and O–H groups in total. The van der Waals surface area contributed by atoms with Crippen molar-refractivity contribution in [1.82, 2.24) is 14.8 Å². The summed E-state index contributed by atoms with van der Waals surface area (Å²) in [5.41, 5.74) is 2.20. The number of hydrogen-bond acceptors (Lipinski definition) is 7. The molecule has 200 valence electrons. The summed E-state index contributed by atoms with van der Waals surface area (Å²) in [7, 11) is 1.66. The standard InChI is InChI=1S/C28H33N5O4S/c1-3-13-33(27(36)21-9-5-4-6-10-21)19-25(34)30-28-29-22(20-38-28)18-26(35)32-16-14-31(15-17-32)23-11-7-8-12-24(23)37-2/h4-12,20H,3,13-19H2,1-2H3,(H,29,30,34). The van der Waals surface area contributed by atoms with Crippen molar-refractivity contribution >= 4 is 39.9 Å². The van der Waals surface area contributed by atoms with Crippen LogP contribution in [0.2, 0.25) is 0 Å². The Morgan fingerprint density at radius 1 is 1.03 bits per heavy atom. The van der Waals surface area contributed by atoms with E-state index < -0.39 is 0 Å². The molecule has 0 bridgehead atoms. The molecule has 1 aliphatic rings. The highest BCUT2D eigenvalue weighted by molar-refractivity contribution is 7.13. The maximum atomic E-state index is 12.9. The molecule has 0 aliphatic carbocycles. The van der Waals surface area contributed by atoms with Crippen LogP contribution in [0.1, 0.15) is 29.4 Å². The molecule has 1 aliphatic heterocycles. The molecule has 3 aromatic rings. The van der Waals surface area contributed by atoms with E-state index in [2.05, 4.69) is 15.2 Å². The maximum Gasteiger partial charge on any atom is 0.254 e. The number of piperazine rings is 1. The first-order chi connectivity index (χ1) is 18.5. The monoisotopic (exact) mass is 535 g/mol. The summed E-state index contributed by atoms with van der Waals surface area (Å²) in [5.74, 6) is 0.336. The van der Waals surface area contributed by atoms with Crippen LogP contribution < -0.4 is 15.0 Å².